The van der Waals surface area contributed by atoms with Gasteiger partial charge in [0.1, 0.15) is 0 Å². The Kier molecular flexibility index (Phi) is 3.76. The maximum Gasteiger partial charge on any atom is 0.313 e. The van der Waals surface area contributed by atoms with E-state index in [9.17, 15) is 4.79 Å². The van der Waals surface area contributed by atoms with E-state index < -0.39 is 0 Å². The van der Waals surface area contributed by atoms with Crippen LogP contribution in [0.1, 0.15) is 12.0 Å². The Labute approximate surface area is 119 Å². The minimum atomic E-state index is -0.359. The highest BCUT2D eigenvalue weighted by Gasteiger charge is 2.54. The molecule has 0 radical (unpaired) electrons. The Morgan fingerprint density at radius 3 is 3.00 bits per heavy atom. The number of methoxy groups -OCH3 is 1. The minimum absolute atomic E-state index is 0.0682. The highest BCUT2D eigenvalue weighted by molar-refractivity contribution is 5.78. The summed E-state index contributed by atoms with van der Waals surface area (Å²) in [5.74, 6) is 0.189. The highest BCUT2D eigenvalue weighted by Crippen LogP contribution is 2.43. The zero-order valence-electron chi connectivity index (χ0n) is 11.9. The molecule has 2 aliphatic rings. The van der Waals surface area contributed by atoms with Crippen molar-refractivity contribution in [1.82, 2.24) is 4.90 Å². The summed E-state index contributed by atoms with van der Waals surface area (Å²) >= 11 is 0. The van der Waals surface area contributed by atoms with Crippen LogP contribution in [0.4, 0.5) is 0 Å². The molecule has 0 amide bonds. The van der Waals surface area contributed by atoms with E-state index in [1.165, 1.54) is 12.7 Å². The van der Waals surface area contributed by atoms with Gasteiger partial charge < -0.3 is 9.47 Å². The molecule has 0 bridgehead atoms. The second kappa shape index (κ2) is 5.54. The van der Waals surface area contributed by atoms with Crippen molar-refractivity contribution >= 4 is 5.97 Å². The Morgan fingerprint density at radius 2 is 2.25 bits per heavy atom. The van der Waals surface area contributed by atoms with Crippen LogP contribution >= 0.6 is 0 Å². The Hall–Kier alpha value is -1.39. The van der Waals surface area contributed by atoms with Crippen LogP contribution in [0, 0.1) is 11.3 Å². The maximum atomic E-state index is 12.3. The van der Waals surface area contributed by atoms with Crippen LogP contribution in [0.2, 0.25) is 0 Å². The Balaban J connectivity index is 1.76. The van der Waals surface area contributed by atoms with Crippen LogP contribution in [0.25, 0.3) is 0 Å². The summed E-state index contributed by atoms with van der Waals surface area (Å²) in [6, 6.07) is 10.4. The maximum absolute atomic E-state index is 12.3. The molecule has 4 heteroatoms. The van der Waals surface area contributed by atoms with E-state index in [0.717, 1.165) is 26.1 Å². The molecular weight excluding hydrogens is 254 g/mol. The second-order valence-electron chi connectivity index (χ2n) is 5.82. The monoisotopic (exact) mass is 275 g/mol. The average molecular weight is 275 g/mol. The second-order valence-corrected chi connectivity index (χ2v) is 5.82. The van der Waals surface area contributed by atoms with Gasteiger partial charge in [0.2, 0.25) is 0 Å². The largest absolute Gasteiger partial charge is 0.469 e. The molecule has 2 heterocycles. The van der Waals surface area contributed by atoms with Gasteiger partial charge in [-0.25, -0.2) is 0 Å². The third kappa shape index (κ3) is 2.34. The third-order valence-electron chi connectivity index (χ3n) is 4.62. The van der Waals surface area contributed by atoms with Gasteiger partial charge in [-0.15, -0.1) is 0 Å². The van der Waals surface area contributed by atoms with E-state index in [4.69, 9.17) is 9.47 Å². The van der Waals surface area contributed by atoms with Gasteiger partial charge >= 0.3 is 5.97 Å². The molecule has 4 nitrogen and oxygen atoms in total. The lowest BCUT2D eigenvalue weighted by atomic mass is 9.74. The lowest BCUT2D eigenvalue weighted by Gasteiger charge is -2.35. The van der Waals surface area contributed by atoms with Crippen molar-refractivity contribution in [2.24, 2.45) is 11.3 Å². The standard InChI is InChI=1S/C16H21NO3/c1-19-15(18)16-7-8-20-11-14(16)10-17(12-16)9-13-5-3-2-4-6-13/h2-6,14H,7-12H2,1H3/t14-,16+/m1/s1. The number of nitrogens with zero attached hydrogens (tertiary/aromatic N) is 1. The molecule has 2 saturated heterocycles. The van der Waals surface area contributed by atoms with Crippen molar-refractivity contribution in [3.8, 4) is 0 Å². The number of carbonyl (C=O) groups is 1. The molecule has 2 aliphatic heterocycles. The fourth-order valence-corrected chi connectivity index (χ4v) is 3.55. The van der Waals surface area contributed by atoms with E-state index in [1.54, 1.807) is 0 Å². The fraction of sp³-hybridized carbons (Fsp3) is 0.562. The number of carbonyl (C=O) groups excluding carboxylic acids is 1. The first-order valence-electron chi connectivity index (χ1n) is 7.17. The third-order valence-corrected chi connectivity index (χ3v) is 4.62. The van der Waals surface area contributed by atoms with Crippen LogP contribution < -0.4 is 0 Å². The molecule has 0 unspecified atom stereocenters. The first-order valence-corrected chi connectivity index (χ1v) is 7.17. The van der Waals surface area contributed by atoms with E-state index in [0.29, 0.717) is 13.2 Å². The number of likely N-dealkylation sites (tertiary alicyclic amines) is 1. The summed E-state index contributed by atoms with van der Waals surface area (Å²) in [5, 5.41) is 0. The summed E-state index contributed by atoms with van der Waals surface area (Å²) in [6.07, 6.45) is 0.773. The van der Waals surface area contributed by atoms with Crippen molar-refractivity contribution < 1.29 is 14.3 Å². The van der Waals surface area contributed by atoms with Gasteiger partial charge in [0.25, 0.3) is 0 Å². The van der Waals surface area contributed by atoms with Gasteiger partial charge in [0.15, 0.2) is 0 Å². The minimum Gasteiger partial charge on any atom is -0.469 e. The predicted molar refractivity (Wildman–Crippen MR) is 75.1 cm³/mol. The lowest BCUT2D eigenvalue weighted by molar-refractivity contribution is -0.161. The van der Waals surface area contributed by atoms with E-state index in [1.807, 2.05) is 6.07 Å². The van der Waals surface area contributed by atoms with Gasteiger partial charge in [0, 0.05) is 32.2 Å². The predicted octanol–water partition coefficient (Wildman–Crippen LogP) is 1.70. The van der Waals surface area contributed by atoms with Crippen molar-refractivity contribution in [2.45, 2.75) is 13.0 Å². The van der Waals surface area contributed by atoms with Crippen molar-refractivity contribution in [3.63, 3.8) is 0 Å². The molecule has 20 heavy (non-hydrogen) atoms. The summed E-state index contributed by atoms with van der Waals surface area (Å²) in [4.78, 5) is 14.6. The molecule has 0 aromatic heterocycles. The molecule has 2 fully saturated rings. The van der Waals surface area contributed by atoms with Gasteiger partial charge in [-0.1, -0.05) is 30.3 Å². The van der Waals surface area contributed by atoms with E-state index in [2.05, 4.69) is 29.2 Å². The number of fused-ring (bicyclic) bond motifs is 1. The van der Waals surface area contributed by atoms with Crippen LogP contribution in [-0.4, -0.2) is 44.3 Å². The van der Waals surface area contributed by atoms with Gasteiger partial charge in [-0.05, 0) is 12.0 Å². The van der Waals surface area contributed by atoms with E-state index >= 15 is 0 Å². The molecule has 0 N–H and O–H groups in total. The fourth-order valence-electron chi connectivity index (χ4n) is 3.55. The van der Waals surface area contributed by atoms with Crippen molar-refractivity contribution in [3.05, 3.63) is 35.9 Å². The average Bonchev–Trinajstić information content (AvgIpc) is 2.86. The SMILES string of the molecule is COC(=O)[C@]12CCOC[C@H]1CN(Cc1ccccc1)C2. The van der Waals surface area contributed by atoms with Gasteiger partial charge in [-0.3, -0.25) is 9.69 Å². The smallest absolute Gasteiger partial charge is 0.313 e. The molecule has 1 aromatic carbocycles. The van der Waals surface area contributed by atoms with Crippen LogP contribution in [0.15, 0.2) is 30.3 Å². The van der Waals surface area contributed by atoms with E-state index in [-0.39, 0.29) is 17.3 Å². The summed E-state index contributed by atoms with van der Waals surface area (Å²) < 4.78 is 10.6. The first kappa shape index (κ1) is 13.6. The molecule has 0 aliphatic carbocycles. The number of ether oxygens (including phenoxy) is 2. The number of hydrogen-bond acceptors (Lipinski definition) is 4. The quantitative estimate of drug-likeness (QED) is 0.787. The topological polar surface area (TPSA) is 38.8 Å². The van der Waals surface area contributed by atoms with Crippen molar-refractivity contribution in [2.75, 3.05) is 33.4 Å². The van der Waals surface area contributed by atoms with Crippen LogP contribution in [-0.2, 0) is 20.8 Å². The zero-order valence-corrected chi connectivity index (χ0v) is 11.9. The number of esters is 1. The number of benzene rings is 1. The van der Waals surface area contributed by atoms with Gasteiger partial charge in [-0.2, -0.15) is 0 Å². The zero-order chi connectivity index (χ0) is 14.0. The molecule has 1 aromatic rings. The van der Waals surface area contributed by atoms with Gasteiger partial charge in [0.05, 0.1) is 19.1 Å². The Morgan fingerprint density at radius 1 is 1.45 bits per heavy atom. The molecule has 108 valence electrons. The molecule has 3 rings (SSSR count). The van der Waals surface area contributed by atoms with Crippen molar-refractivity contribution in [1.29, 1.82) is 0 Å². The summed E-state index contributed by atoms with van der Waals surface area (Å²) in [7, 11) is 1.49. The molecule has 0 saturated carbocycles. The Bertz CT molecular complexity index is 476. The summed E-state index contributed by atoms with van der Waals surface area (Å²) in [6.45, 7) is 3.90. The summed E-state index contributed by atoms with van der Waals surface area (Å²) in [5.41, 5.74) is 0.925. The molecule has 2 atom stereocenters. The number of hydrogen-bond donors (Lipinski definition) is 0. The lowest BCUT2D eigenvalue weighted by Crippen LogP contribution is -2.45. The normalized spacial score (nSPS) is 29.9. The molecule has 0 spiro atoms. The van der Waals surface area contributed by atoms with Crippen LogP contribution in [0.3, 0.4) is 0 Å². The van der Waals surface area contributed by atoms with Crippen LogP contribution in [0.5, 0.6) is 0 Å². The highest BCUT2D eigenvalue weighted by atomic mass is 16.5. The number of rotatable bonds is 3. The first-order chi connectivity index (χ1) is 9.74. The molecular formula is C16H21NO3.